The van der Waals surface area contributed by atoms with E-state index in [2.05, 4.69) is 18.1 Å². The predicted molar refractivity (Wildman–Crippen MR) is 181 cm³/mol. The lowest BCUT2D eigenvalue weighted by Crippen LogP contribution is -2.56. The maximum absolute atomic E-state index is 14.7. The Morgan fingerprint density at radius 2 is 1.83 bits per heavy atom. The summed E-state index contributed by atoms with van der Waals surface area (Å²) < 4.78 is 10.5. The number of likely N-dealkylation sites (tertiary alicyclic amines) is 1. The van der Waals surface area contributed by atoms with Gasteiger partial charge >= 0.3 is 0 Å². The number of hydrogen-bond donors (Lipinski definition) is 1. The van der Waals surface area contributed by atoms with Crippen LogP contribution < -0.4 is 9.64 Å². The van der Waals surface area contributed by atoms with Crippen LogP contribution in [0.2, 0.25) is 0 Å². The highest BCUT2D eigenvalue weighted by molar-refractivity contribution is 8.02. The average Bonchev–Trinajstić information content (AvgIpc) is 3.72. The Morgan fingerprint density at radius 1 is 1.09 bits per heavy atom. The molecule has 5 atom stereocenters. The van der Waals surface area contributed by atoms with E-state index < -0.39 is 22.6 Å². The van der Waals surface area contributed by atoms with Crippen molar-refractivity contribution < 1.29 is 29.0 Å². The normalized spacial score (nSPS) is 27.0. The minimum Gasteiger partial charge on any atom is -0.494 e. The van der Waals surface area contributed by atoms with Crippen molar-refractivity contribution in [2.45, 2.75) is 55.1 Å². The predicted octanol–water partition coefficient (Wildman–Crippen LogP) is 3.20. The molecule has 1 aromatic carbocycles. The third-order valence-electron chi connectivity index (χ3n) is 9.86. The summed E-state index contributed by atoms with van der Waals surface area (Å²) in [4.78, 5) is 51.4. The molecule has 11 heteroatoms. The Balaban J connectivity index is 1.44. The number of amides is 3. The van der Waals surface area contributed by atoms with E-state index in [0.717, 1.165) is 50.3 Å². The van der Waals surface area contributed by atoms with Gasteiger partial charge in [-0.2, -0.15) is 0 Å². The number of aliphatic hydroxyl groups is 1. The van der Waals surface area contributed by atoms with Crippen molar-refractivity contribution in [3.05, 3.63) is 49.6 Å². The molecule has 0 aliphatic carbocycles. The first-order valence-corrected chi connectivity index (χ1v) is 17.7. The molecule has 4 fully saturated rings. The second kappa shape index (κ2) is 15.8. The minimum atomic E-state index is -0.660. The third-order valence-corrected chi connectivity index (χ3v) is 11.8. The van der Waals surface area contributed by atoms with E-state index in [1.165, 1.54) is 0 Å². The first kappa shape index (κ1) is 34.5. The first-order chi connectivity index (χ1) is 22.4. The van der Waals surface area contributed by atoms with Crippen molar-refractivity contribution in [3.63, 3.8) is 0 Å². The van der Waals surface area contributed by atoms with Crippen LogP contribution in [0.25, 0.3) is 0 Å². The van der Waals surface area contributed by atoms with Crippen LogP contribution in [0, 0.1) is 11.8 Å². The fourth-order valence-electron chi connectivity index (χ4n) is 7.75. The van der Waals surface area contributed by atoms with Gasteiger partial charge in [-0.25, -0.2) is 0 Å². The molecule has 10 nitrogen and oxygen atoms in total. The van der Waals surface area contributed by atoms with Crippen LogP contribution in [-0.4, -0.2) is 126 Å². The van der Waals surface area contributed by atoms with Crippen LogP contribution in [0.15, 0.2) is 49.6 Å². The van der Waals surface area contributed by atoms with Gasteiger partial charge in [0.1, 0.15) is 11.8 Å². The monoisotopic (exact) mass is 654 g/mol. The highest BCUT2D eigenvalue weighted by Crippen LogP contribution is 2.66. The van der Waals surface area contributed by atoms with Crippen LogP contribution >= 0.6 is 11.8 Å². The van der Waals surface area contributed by atoms with Crippen molar-refractivity contribution in [3.8, 4) is 5.75 Å². The molecule has 1 aromatic rings. The summed E-state index contributed by atoms with van der Waals surface area (Å²) in [6, 6.07) is 6.82. The molecule has 0 saturated carbocycles. The van der Waals surface area contributed by atoms with Gasteiger partial charge in [0.05, 0.1) is 36.4 Å². The smallest absolute Gasteiger partial charge is 0.247 e. The summed E-state index contributed by atoms with van der Waals surface area (Å²) in [5, 5.41) is 9.33. The molecule has 0 aromatic heterocycles. The Labute approximate surface area is 277 Å². The second-order valence-corrected chi connectivity index (χ2v) is 14.2. The van der Waals surface area contributed by atoms with Gasteiger partial charge in [-0.1, -0.05) is 12.2 Å². The molecule has 5 rings (SSSR count). The zero-order valence-corrected chi connectivity index (χ0v) is 28.0. The number of morpholine rings is 1. The number of benzene rings is 1. The lowest BCUT2D eigenvalue weighted by molar-refractivity contribution is -0.142. The van der Waals surface area contributed by atoms with Crippen molar-refractivity contribution >= 4 is 35.2 Å². The minimum absolute atomic E-state index is 0.0375. The number of aliphatic hydroxyl groups excluding tert-OH is 1. The van der Waals surface area contributed by atoms with E-state index in [-0.39, 0.29) is 29.6 Å². The number of ether oxygens (including phenoxy) is 2. The van der Waals surface area contributed by atoms with Crippen molar-refractivity contribution in [1.82, 2.24) is 14.7 Å². The molecule has 3 amide bonds. The fraction of sp³-hybridized carbons (Fsp3) is 0.629. The summed E-state index contributed by atoms with van der Waals surface area (Å²) in [5.74, 6) is -0.611. The van der Waals surface area contributed by atoms with E-state index in [4.69, 9.17) is 9.47 Å². The van der Waals surface area contributed by atoms with E-state index >= 15 is 0 Å². The standard InChI is InChI=1S/C35H50N4O6S/c1-4-16-37(20-19-36-21-24-44-25-22-36)34(43)31-35-15-14-28(46-35)29(30(35)33(42)39(31)18-8-7-9-23-40)32(41)38(17-5-2)26-10-12-27(13-11-26)45-6-3/h4-5,10-13,28-31,40H,1-2,6-9,14-25H2,3H3/t28-,29+,30-,31?,35?/m0/s1. The van der Waals surface area contributed by atoms with Gasteiger partial charge < -0.3 is 29.3 Å². The summed E-state index contributed by atoms with van der Waals surface area (Å²) >= 11 is 1.70. The molecule has 2 unspecified atom stereocenters. The summed E-state index contributed by atoms with van der Waals surface area (Å²) in [5.41, 5.74) is 0.731. The Kier molecular flexibility index (Phi) is 11.9. The SMILES string of the molecule is C=CCN(CCN1CCOCC1)C(=O)C1N(CCCCCO)C(=O)[C@@H]2[C@H](C(=O)N(CC=C)c3ccc(OCC)cc3)[C@@H]3CCC12S3. The number of unbranched alkanes of at least 4 members (excludes halogenated alkanes) is 2. The Morgan fingerprint density at radius 3 is 2.50 bits per heavy atom. The number of hydrogen-bond acceptors (Lipinski definition) is 8. The molecule has 4 saturated heterocycles. The van der Waals surface area contributed by atoms with Gasteiger partial charge in [0.15, 0.2) is 0 Å². The molecular weight excluding hydrogens is 604 g/mol. The number of fused-ring (bicyclic) bond motifs is 1. The van der Waals surface area contributed by atoms with Gasteiger partial charge in [-0.15, -0.1) is 24.9 Å². The van der Waals surface area contributed by atoms with E-state index in [1.54, 1.807) is 33.7 Å². The molecule has 4 heterocycles. The maximum Gasteiger partial charge on any atom is 0.247 e. The average molecular weight is 655 g/mol. The molecule has 2 bridgehead atoms. The lowest BCUT2D eigenvalue weighted by Gasteiger charge is -2.38. The maximum atomic E-state index is 14.7. The summed E-state index contributed by atoms with van der Waals surface area (Å²) in [6.45, 7) is 15.9. The highest BCUT2D eigenvalue weighted by atomic mass is 32.2. The Bertz CT molecular complexity index is 1240. The molecule has 1 spiro atoms. The molecule has 4 aliphatic heterocycles. The molecule has 0 radical (unpaired) electrons. The number of carbonyl (C=O) groups is 3. The fourth-order valence-corrected chi connectivity index (χ4v) is 9.96. The van der Waals surface area contributed by atoms with Crippen LogP contribution in [0.4, 0.5) is 5.69 Å². The first-order valence-electron chi connectivity index (χ1n) is 16.8. The van der Waals surface area contributed by atoms with Crippen LogP contribution in [0.1, 0.15) is 39.0 Å². The molecule has 4 aliphatic rings. The van der Waals surface area contributed by atoms with Crippen molar-refractivity contribution in [1.29, 1.82) is 0 Å². The van der Waals surface area contributed by atoms with Gasteiger partial charge in [-0.3, -0.25) is 19.3 Å². The number of rotatable bonds is 17. The molecule has 252 valence electrons. The second-order valence-electron chi connectivity index (χ2n) is 12.6. The largest absolute Gasteiger partial charge is 0.494 e. The van der Waals surface area contributed by atoms with Crippen LogP contribution in [0.5, 0.6) is 5.75 Å². The number of nitrogens with zero attached hydrogens (tertiary/aromatic N) is 4. The number of carbonyl (C=O) groups excluding carboxylic acids is 3. The van der Waals surface area contributed by atoms with Gasteiger partial charge in [-0.05, 0) is 63.3 Å². The third kappa shape index (κ3) is 6.88. The summed E-state index contributed by atoms with van der Waals surface area (Å²) in [6.07, 6.45) is 7.07. The zero-order chi connectivity index (χ0) is 32.7. The van der Waals surface area contributed by atoms with Gasteiger partial charge in [0.25, 0.3) is 0 Å². The van der Waals surface area contributed by atoms with Crippen LogP contribution in [0.3, 0.4) is 0 Å². The van der Waals surface area contributed by atoms with Crippen molar-refractivity contribution in [2.75, 3.05) is 77.1 Å². The summed E-state index contributed by atoms with van der Waals surface area (Å²) in [7, 11) is 0. The molecule has 1 N–H and O–H groups in total. The topological polar surface area (TPSA) is 103 Å². The van der Waals surface area contributed by atoms with Gasteiger partial charge in [0, 0.05) is 63.4 Å². The van der Waals surface area contributed by atoms with E-state index in [9.17, 15) is 19.5 Å². The van der Waals surface area contributed by atoms with Crippen molar-refractivity contribution in [2.24, 2.45) is 11.8 Å². The molecular formula is C35H50N4O6S. The van der Waals surface area contributed by atoms with E-state index in [1.807, 2.05) is 36.1 Å². The number of anilines is 1. The number of thioether (sulfide) groups is 1. The molecule has 46 heavy (non-hydrogen) atoms. The van der Waals surface area contributed by atoms with Gasteiger partial charge in [0.2, 0.25) is 17.7 Å². The van der Waals surface area contributed by atoms with Crippen LogP contribution in [-0.2, 0) is 19.1 Å². The highest BCUT2D eigenvalue weighted by Gasteiger charge is 2.74. The quantitative estimate of drug-likeness (QED) is 0.202. The van der Waals surface area contributed by atoms with E-state index in [0.29, 0.717) is 58.8 Å². The Hall–Kier alpha value is -2.86. The lowest BCUT2D eigenvalue weighted by atomic mass is 9.70. The zero-order valence-electron chi connectivity index (χ0n) is 27.2.